The summed E-state index contributed by atoms with van der Waals surface area (Å²) in [6.07, 6.45) is 1.95. The predicted octanol–water partition coefficient (Wildman–Crippen LogP) is 1.67. The molecule has 0 radical (unpaired) electrons. The molecule has 1 atom stereocenters. The minimum Gasteiger partial charge on any atom is -0.298 e. The number of carbonyl (C=O) groups excluding carboxylic acids is 1. The first-order chi connectivity index (χ1) is 4.66. The fraction of sp³-hybridized carbons (Fsp3) is 0.857. The van der Waals surface area contributed by atoms with Gasteiger partial charge in [0.15, 0.2) is 0 Å². The molecule has 0 bridgehead atoms. The molecule has 60 valence electrons. The number of hydrogen-bond acceptors (Lipinski definition) is 3. The van der Waals surface area contributed by atoms with Crippen molar-refractivity contribution >= 4 is 5.97 Å². The van der Waals surface area contributed by atoms with Crippen molar-refractivity contribution < 1.29 is 14.6 Å². The zero-order valence-electron chi connectivity index (χ0n) is 6.72. The highest BCUT2D eigenvalue weighted by atomic mass is 17.2. The summed E-state index contributed by atoms with van der Waals surface area (Å²) < 4.78 is 0. The molecule has 0 saturated heterocycles. The second-order valence-corrected chi connectivity index (χ2v) is 2.27. The van der Waals surface area contributed by atoms with Crippen molar-refractivity contribution in [2.75, 3.05) is 0 Å². The molecule has 0 aliphatic heterocycles. The zero-order chi connectivity index (χ0) is 7.98. The Balaban J connectivity index is 3.21. The summed E-state index contributed by atoms with van der Waals surface area (Å²) in [5.74, 6) is -0.400. The van der Waals surface area contributed by atoms with E-state index in [-0.39, 0.29) is 6.10 Å². The molecule has 0 saturated carbocycles. The smallest absolute Gasteiger partial charge is 0.298 e. The summed E-state index contributed by atoms with van der Waals surface area (Å²) in [5.41, 5.74) is 0. The van der Waals surface area contributed by atoms with Gasteiger partial charge in [0.25, 0.3) is 0 Å². The molecule has 0 fully saturated rings. The van der Waals surface area contributed by atoms with Gasteiger partial charge in [0.1, 0.15) is 6.10 Å². The quantitative estimate of drug-likeness (QED) is 0.447. The molecule has 0 aromatic heterocycles. The summed E-state index contributed by atoms with van der Waals surface area (Å²) in [6.45, 7) is 5.23. The van der Waals surface area contributed by atoms with Crippen molar-refractivity contribution in [2.45, 2.75) is 39.7 Å². The van der Waals surface area contributed by atoms with Crippen molar-refractivity contribution in [1.82, 2.24) is 0 Å². The second-order valence-electron chi connectivity index (χ2n) is 2.27. The lowest BCUT2D eigenvalue weighted by Crippen LogP contribution is -2.10. The van der Waals surface area contributed by atoms with Gasteiger partial charge in [-0.05, 0) is 13.3 Å². The number of carbonyl (C=O) groups is 1. The fourth-order valence-corrected chi connectivity index (χ4v) is 0.605. The molecular weight excluding hydrogens is 132 g/mol. The summed E-state index contributed by atoms with van der Waals surface area (Å²) in [7, 11) is 0. The largest absolute Gasteiger partial charge is 0.339 e. The highest BCUT2D eigenvalue weighted by Crippen LogP contribution is 2.00. The van der Waals surface area contributed by atoms with Crippen molar-refractivity contribution in [3.05, 3.63) is 0 Å². The Hall–Kier alpha value is -0.570. The third kappa shape index (κ3) is 5.56. The van der Waals surface area contributed by atoms with E-state index in [0.717, 1.165) is 12.8 Å². The van der Waals surface area contributed by atoms with E-state index < -0.39 is 5.97 Å². The Morgan fingerprint density at radius 2 is 2.20 bits per heavy atom. The van der Waals surface area contributed by atoms with Crippen LogP contribution in [0, 0.1) is 0 Å². The maximum Gasteiger partial charge on any atom is 0.339 e. The monoisotopic (exact) mass is 146 g/mol. The maximum atomic E-state index is 10.2. The van der Waals surface area contributed by atoms with Gasteiger partial charge in [-0.25, -0.2) is 4.79 Å². The first kappa shape index (κ1) is 9.43. The molecule has 0 aliphatic rings. The topological polar surface area (TPSA) is 35.5 Å². The van der Waals surface area contributed by atoms with E-state index in [4.69, 9.17) is 4.89 Å². The highest BCUT2D eigenvalue weighted by molar-refractivity contribution is 5.65. The lowest BCUT2D eigenvalue weighted by Gasteiger charge is -2.07. The Labute approximate surface area is 61.2 Å². The third-order valence-corrected chi connectivity index (χ3v) is 1.02. The van der Waals surface area contributed by atoms with Crippen LogP contribution in [0.1, 0.15) is 33.6 Å². The minimum absolute atomic E-state index is 0.00824. The molecule has 3 nitrogen and oxygen atoms in total. The molecule has 1 unspecified atom stereocenters. The molecule has 0 aromatic rings. The van der Waals surface area contributed by atoms with Crippen molar-refractivity contribution in [3.8, 4) is 0 Å². The van der Waals surface area contributed by atoms with Gasteiger partial charge in [-0.2, -0.15) is 4.89 Å². The minimum atomic E-state index is -0.400. The van der Waals surface area contributed by atoms with Crippen LogP contribution in [0.25, 0.3) is 0 Å². The van der Waals surface area contributed by atoms with E-state index in [1.54, 1.807) is 0 Å². The average Bonchev–Trinajstić information content (AvgIpc) is 1.85. The van der Waals surface area contributed by atoms with Crippen LogP contribution >= 0.6 is 0 Å². The normalized spacial score (nSPS) is 12.7. The van der Waals surface area contributed by atoms with Crippen LogP contribution in [0.5, 0.6) is 0 Å². The average molecular weight is 146 g/mol. The van der Waals surface area contributed by atoms with Crippen molar-refractivity contribution in [1.29, 1.82) is 0 Å². The molecule has 3 heteroatoms. The van der Waals surface area contributed by atoms with Crippen LogP contribution in [0.15, 0.2) is 0 Å². The van der Waals surface area contributed by atoms with Gasteiger partial charge >= 0.3 is 5.97 Å². The summed E-state index contributed by atoms with van der Waals surface area (Å²) in [6, 6.07) is 0. The van der Waals surface area contributed by atoms with Gasteiger partial charge in [-0.15, -0.1) is 0 Å². The number of rotatable bonds is 4. The standard InChI is InChI=1S/C7H14O3/c1-4-5-6(2)9-10-7(3)8/h6H,4-5H2,1-3H3. The SMILES string of the molecule is CCCC(C)OOC(C)=O. The van der Waals surface area contributed by atoms with Crippen molar-refractivity contribution in [3.63, 3.8) is 0 Å². The highest BCUT2D eigenvalue weighted by Gasteiger charge is 2.02. The Kier molecular flexibility index (Phi) is 4.94. The molecule has 0 amide bonds. The molecule has 0 heterocycles. The Morgan fingerprint density at radius 3 is 2.60 bits per heavy atom. The number of hydrogen-bond donors (Lipinski definition) is 0. The van der Waals surface area contributed by atoms with Crippen LogP contribution in [0.2, 0.25) is 0 Å². The van der Waals surface area contributed by atoms with Crippen LogP contribution in [-0.4, -0.2) is 12.1 Å². The van der Waals surface area contributed by atoms with Crippen LogP contribution in [0.3, 0.4) is 0 Å². The summed E-state index contributed by atoms with van der Waals surface area (Å²) in [5, 5.41) is 0. The van der Waals surface area contributed by atoms with E-state index in [9.17, 15) is 4.79 Å². The van der Waals surface area contributed by atoms with E-state index in [1.165, 1.54) is 6.92 Å². The Morgan fingerprint density at radius 1 is 1.60 bits per heavy atom. The van der Waals surface area contributed by atoms with Gasteiger partial charge in [0, 0.05) is 6.92 Å². The summed E-state index contributed by atoms with van der Waals surface area (Å²) in [4.78, 5) is 19.2. The molecule has 0 aliphatic carbocycles. The molecular formula is C7H14O3. The first-order valence-electron chi connectivity index (χ1n) is 3.50. The van der Waals surface area contributed by atoms with Crippen LogP contribution in [-0.2, 0) is 14.6 Å². The van der Waals surface area contributed by atoms with Gasteiger partial charge < -0.3 is 0 Å². The molecule has 10 heavy (non-hydrogen) atoms. The van der Waals surface area contributed by atoms with Gasteiger partial charge in [-0.3, -0.25) is 4.89 Å². The first-order valence-corrected chi connectivity index (χ1v) is 3.50. The van der Waals surface area contributed by atoms with Gasteiger partial charge in [-0.1, -0.05) is 13.3 Å². The van der Waals surface area contributed by atoms with Crippen LogP contribution < -0.4 is 0 Å². The molecule has 0 aromatic carbocycles. The van der Waals surface area contributed by atoms with Crippen LogP contribution in [0.4, 0.5) is 0 Å². The van der Waals surface area contributed by atoms with Crippen molar-refractivity contribution in [2.24, 2.45) is 0 Å². The predicted molar refractivity (Wildman–Crippen MR) is 37.2 cm³/mol. The molecule has 0 rings (SSSR count). The Bertz CT molecular complexity index is 101. The second kappa shape index (κ2) is 5.23. The van der Waals surface area contributed by atoms with E-state index >= 15 is 0 Å². The van der Waals surface area contributed by atoms with Gasteiger partial charge in [0.2, 0.25) is 0 Å². The van der Waals surface area contributed by atoms with Gasteiger partial charge in [0.05, 0.1) is 0 Å². The lowest BCUT2D eigenvalue weighted by atomic mass is 10.2. The molecule has 0 spiro atoms. The summed E-state index contributed by atoms with van der Waals surface area (Å²) >= 11 is 0. The van der Waals surface area contributed by atoms with E-state index in [2.05, 4.69) is 4.89 Å². The lowest BCUT2D eigenvalue weighted by molar-refractivity contribution is -0.293. The van der Waals surface area contributed by atoms with E-state index in [0.29, 0.717) is 0 Å². The molecule has 0 N–H and O–H groups in total. The fourth-order valence-electron chi connectivity index (χ4n) is 0.605. The van der Waals surface area contributed by atoms with E-state index in [1.807, 2.05) is 13.8 Å². The third-order valence-electron chi connectivity index (χ3n) is 1.02. The maximum absolute atomic E-state index is 10.2. The zero-order valence-corrected chi connectivity index (χ0v) is 6.72.